The lowest BCUT2D eigenvalue weighted by Gasteiger charge is -2.12. The Morgan fingerprint density at radius 3 is 2.10 bits per heavy atom. The molecule has 0 aliphatic heterocycles. The van der Waals surface area contributed by atoms with Gasteiger partial charge >= 0.3 is 11.9 Å². The molecule has 108 valence electrons. The molecule has 2 N–H and O–H groups in total. The summed E-state index contributed by atoms with van der Waals surface area (Å²) in [6.07, 6.45) is 1.63. The second kappa shape index (κ2) is 7.48. The Kier molecular flexibility index (Phi) is 5.97. The second-order valence-corrected chi connectivity index (χ2v) is 5.00. The molecule has 4 nitrogen and oxygen atoms in total. The van der Waals surface area contributed by atoms with E-state index in [1.165, 1.54) is 0 Å². The number of carbonyl (C=O) groups is 2. The molecule has 0 aliphatic rings. The summed E-state index contributed by atoms with van der Waals surface area (Å²) in [5, 5.41) is 18.4. The Bertz CT molecular complexity index is 500. The number of hydrogen-bond donors (Lipinski definition) is 2. The van der Waals surface area contributed by atoms with Gasteiger partial charge in [0.25, 0.3) is 0 Å². The third-order valence-electron chi connectivity index (χ3n) is 3.13. The largest absolute Gasteiger partial charge is 0.478 e. The molecular formula is C16H20O4. The van der Waals surface area contributed by atoms with Crippen molar-refractivity contribution in [3.8, 4) is 0 Å². The molecule has 0 atom stereocenters. The van der Waals surface area contributed by atoms with E-state index in [0.29, 0.717) is 6.42 Å². The van der Waals surface area contributed by atoms with E-state index in [-0.39, 0.29) is 23.5 Å². The van der Waals surface area contributed by atoms with Crippen LogP contribution in [0.1, 0.15) is 32.3 Å². The van der Waals surface area contributed by atoms with Gasteiger partial charge in [0.1, 0.15) is 0 Å². The van der Waals surface area contributed by atoms with Crippen LogP contribution in [0.4, 0.5) is 0 Å². The van der Waals surface area contributed by atoms with Crippen molar-refractivity contribution in [2.45, 2.75) is 33.1 Å². The summed E-state index contributed by atoms with van der Waals surface area (Å²) >= 11 is 0. The van der Waals surface area contributed by atoms with Crippen LogP contribution in [0.3, 0.4) is 0 Å². The van der Waals surface area contributed by atoms with Crippen molar-refractivity contribution >= 4 is 11.9 Å². The summed E-state index contributed by atoms with van der Waals surface area (Å²) in [5.41, 5.74) is 1.15. The molecule has 0 aromatic heterocycles. The van der Waals surface area contributed by atoms with Gasteiger partial charge in [0.15, 0.2) is 0 Å². The Labute approximate surface area is 118 Å². The number of aryl methyl sites for hydroxylation is 1. The number of carboxylic acid groups (broad SMARTS) is 2. The van der Waals surface area contributed by atoms with Crippen molar-refractivity contribution in [3.63, 3.8) is 0 Å². The first kappa shape index (κ1) is 16.0. The van der Waals surface area contributed by atoms with Gasteiger partial charge in [0, 0.05) is 11.1 Å². The highest BCUT2D eigenvalue weighted by Crippen LogP contribution is 2.20. The number of rotatable bonds is 7. The summed E-state index contributed by atoms with van der Waals surface area (Å²) in [6, 6.07) is 9.74. The quantitative estimate of drug-likeness (QED) is 0.750. The molecule has 0 heterocycles. The van der Waals surface area contributed by atoms with Crippen LogP contribution in [0.15, 0.2) is 41.5 Å². The van der Waals surface area contributed by atoms with Gasteiger partial charge in [-0.25, -0.2) is 9.59 Å². The van der Waals surface area contributed by atoms with Crippen molar-refractivity contribution in [2.24, 2.45) is 5.92 Å². The lowest BCUT2D eigenvalue weighted by molar-refractivity contribution is -0.136. The first-order valence-electron chi connectivity index (χ1n) is 6.67. The molecule has 0 radical (unpaired) electrons. The molecule has 0 saturated carbocycles. The van der Waals surface area contributed by atoms with E-state index >= 15 is 0 Å². The van der Waals surface area contributed by atoms with Crippen molar-refractivity contribution in [3.05, 3.63) is 47.0 Å². The SMILES string of the molecule is CC(C)/C(C(=O)O)=C(/CCCc1ccccc1)C(=O)O. The maximum absolute atomic E-state index is 11.3. The van der Waals surface area contributed by atoms with E-state index in [4.69, 9.17) is 5.11 Å². The average Bonchev–Trinajstić information content (AvgIpc) is 2.37. The van der Waals surface area contributed by atoms with Gasteiger partial charge in [-0.05, 0) is 30.7 Å². The third kappa shape index (κ3) is 4.53. The first-order valence-corrected chi connectivity index (χ1v) is 6.67. The zero-order valence-electron chi connectivity index (χ0n) is 11.8. The van der Waals surface area contributed by atoms with E-state index in [1.54, 1.807) is 13.8 Å². The highest BCUT2D eigenvalue weighted by atomic mass is 16.4. The molecule has 1 aromatic rings. The number of aliphatic carboxylic acids is 2. The molecule has 0 spiro atoms. The van der Waals surface area contributed by atoms with Crippen molar-refractivity contribution in [1.29, 1.82) is 0 Å². The summed E-state index contributed by atoms with van der Waals surface area (Å²) in [5.74, 6) is -2.59. The molecule has 4 heteroatoms. The predicted octanol–water partition coefficient (Wildman–Crippen LogP) is 3.13. The van der Waals surface area contributed by atoms with Crippen LogP contribution in [-0.2, 0) is 16.0 Å². The molecular weight excluding hydrogens is 256 g/mol. The van der Waals surface area contributed by atoms with Gasteiger partial charge in [0.2, 0.25) is 0 Å². The van der Waals surface area contributed by atoms with Crippen LogP contribution in [0.25, 0.3) is 0 Å². The molecule has 0 unspecified atom stereocenters. The van der Waals surface area contributed by atoms with E-state index in [1.807, 2.05) is 30.3 Å². The van der Waals surface area contributed by atoms with Crippen LogP contribution in [0.2, 0.25) is 0 Å². The molecule has 0 saturated heterocycles. The molecule has 0 amide bonds. The zero-order valence-corrected chi connectivity index (χ0v) is 11.8. The van der Waals surface area contributed by atoms with Gasteiger partial charge in [-0.2, -0.15) is 0 Å². The lowest BCUT2D eigenvalue weighted by atomic mass is 9.93. The highest BCUT2D eigenvalue weighted by Gasteiger charge is 2.22. The van der Waals surface area contributed by atoms with Crippen LogP contribution in [-0.4, -0.2) is 22.2 Å². The minimum atomic E-state index is -1.14. The number of carboxylic acids is 2. The maximum Gasteiger partial charge on any atom is 0.332 e. The molecule has 1 aromatic carbocycles. The predicted molar refractivity (Wildman–Crippen MR) is 76.5 cm³/mol. The molecule has 0 aliphatic carbocycles. The first-order chi connectivity index (χ1) is 9.43. The van der Waals surface area contributed by atoms with Crippen molar-refractivity contribution < 1.29 is 19.8 Å². The van der Waals surface area contributed by atoms with Gasteiger partial charge in [-0.1, -0.05) is 44.2 Å². The van der Waals surface area contributed by atoms with Crippen LogP contribution in [0.5, 0.6) is 0 Å². The van der Waals surface area contributed by atoms with Crippen LogP contribution < -0.4 is 0 Å². The summed E-state index contributed by atoms with van der Waals surface area (Å²) in [7, 11) is 0. The van der Waals surface area contributed by atoms with Crippen molar-refractivity contribution in [2.75, 3.05) is 0 Å². The Hall–Kier alpha value is -2.10. The minimum Gasteiger partial charge on any atom is -0.478 e. The molecule has 0 fully saturated rings. The maximum atomic E-state index is 11.3. The topological polar surface area (TPSA) is 74.6 Å². The van der Waals surface area contributed by atoms with Crippen molar-refractivity contribution in [1.82, 2.24) is 0 Å². The van der Waals surface area contributed by atoms with Gasteiger partial charge in [0.05, 0.1) is 0 Å². The fraction of sp³-hybridized carbons (Fsp3) is 0.375. The summed E-state index contributed by atoms with van der Waals surface area (Å²) < 4.78 is 0. The Morgan fingerprint density at radius 1 is 1.05 bits per heavy atom. The molecule has 1 rings (SSSR count). The lowest BCUT2D eigenvalue weighted by Crippen LogP contribution is -2.16. The monoisotopic (exact) mass is 276 g/mol. The van der Waals surface area contributed by atoms with Gasteiger partial charge < -0.3 is 10.2 Å². The standard InChI is InChI=1S/C16H20O4/c1-11(2)14(16(19)20)13(15(17)18)10-6-9-12-7-4-3-5-8-12/h3-5,7-8,11H,6,9-10H2,1-2H3,(H,17,18)(H,19,20)/b14-13+. The molecule has 0 bridgehead atoms. The summed E-state index contributed by atoms with van der Waals surface area (Å²) in [4.78, 5) is 22.5. The number of benzene rings is 1. The smallest absolute Gasteiger partial charge is 0.332 e. The minimum absolute atomic E-state index is 0.00515. The molecule has 20 heavy (non-hydrogen) atoms. The van der Waals surface area contributed by atoms with E-state index in [0.717, 1.165) is 12.0 Å². The second-order valence-electron chi connectivity index (χ2n) is 5.00. The third-order valence-corrected chi connectivity index (χ3v) is 3.13. The van der Waals surface area contributed by atoms with E-state index < -0.39 is 11.9 Å². The Balaban J connectivity index is 2.80. The van der Waals surface area contributed by atoms with E-state index in [2.05, 4.69) is 0 Å². The fourth-order valence-electron chi connectivity index (χ4n) is 2.20. The normalized spacial score (nSPS) is 12.2. The number of hydrogen-bond acceptors (Lipinski definition) is 2. The fourth-order valence-corrected chi connectivity index (χ4v) is 2.20. The Morgan fingerprint density at radius 2 is 1.65 bits per heavy atom. The average molecular weight is 276 g/mol. The zero-order chi connectivity index (χ0) is 15.1. The summed E-state index contributed by atoms with van der Waals surface area (Å²) in [6.45, 7) is 3.40. The van der Waals surface area contributed by atoms with E-state index in [9.17, 15) is 14.7 Å². The van der Waals surface area contributed by atoms with Gasteiger partial charge in [-0.15, -0.1) is 0 Å². The highest BCUT2D eigenvalue weighted by molar-refractivity contribution is 5.99. The van der Waals surface area contributed by atoms with Gasteiger partial charge in [-0.3, -0.25) is 0 Å². The van der Waals surface area contributed by atoms with Crippen LogP contribution in [0, 0.1) is 5.92 Å². The van der Waals surface area contributed by atoms with Crippen LogP contribution >= 0.6 is 0 Å².